The summed E-state index contributed by atoms with van der Waals surface area (Å²) in [7, 11) is 0. The zero-order chi connectivity index (χ0) is 18.8. The summed E-state index contributed by atoms with van der Waals surface area (Å²) in [6, 6.07) is 12.1. The van der Waals surface area contributed by atoms with Crippen LogP contribution in [0.1, 0.15) is 80.6 Å². The third-order valence-electron chi connectivity index (χ3n) is 4.64. The van der Waals surface area contributed by atoms with Gasteiger partial charge in [0.1, 0.15) is 0 Å². The molecule has 0 radical (unpaired) electrons. The summed E-state index contributed by atoms with van der Waals surface area (Å²) in [6.45, 7) is 12.7. The molecule has 0 N–H and O–H groups in total. The molecule has 0 unspecified atom stereocenters. The molecule has 0 spiro atoms. The van der Waals surface area contributed by atoms with E-state index in [4.69, 9.17) is 0 Å². The monoisotopic (exact) mass is 413 g/mol. The van der Waals surface area contributed by atoms with Gasteiger partial charge in [0.05, 0.1) is 0 Å². The molecule has 131 valence electrons. The average molecular weight is 415 g/mol. The Hall–Kier alpha value is -1.28. The number of carbonyl (C=O) groups is 1. The third-order valence-corrected chi connectivity index (χ3v) is 6.51. The summed E-state index contributed by atoms with van der Waals surface area (Å²) in [5.74, 6) is 0.710. The quantitative estimate of drug-likeness (QED) is 0.676. The molecule has 0 aliphatic carbocycles. The molecule has 0 aliphatic heterocycles. The van der Waals surface area contributed by atoms with Gasteiger partial charge in [0.15, 0.2) is 0 Å². The molecule has 1 heterocycles. The first kappa shape index (κ1) is 20.0. The molecule has 25 heavy (non-hydrogen) atoms. The Morgan fingerprint density at radius 2 is 1.56 bits per heavy atom. The molecule has 0 aliphatic rings. The Balaban J connectivity index is 2.53. The van der Waals surface area contributed by atoms with Crippen molar-refractivity contribution in [2.45, 2.75) is 58.9 Å². The number of nitrogens with zero attached hydrogens (tertiary/aromatic N) is 2. The minimum atomic E-state index is -0.449. The van der Waals surface area contributed by atoms with Crippen molar-refractivity contribution in [2.75, 3.05) is 0 Å². The maximum absolute atomic E-state index is 13.5. The normalized spacial score (nSPS) is 11.8. The van der Waals surface area contributed by atoms with E-state index in [-0.39, 0.29) is 5.91 Å². The minimum absolute atomic E-state index is 0.0989. The van der Waals surface area contributed by atoms with E-state index in [0.717, 1.165) is 47.4 Å². The number of amides is 1. The first-order chi connectivity index (χ1) is 11.7. The molecule has 1 aromatic heterocycles. The molecule has 2 aromatic rings. The van der Waals surface area contributed by atoms with Gasteiger partial charge in [-0.25, -0.2) is 0 Å². The molecule has 0 bridgehead atoms. The van der Waals surface area contributed by atoms with Gasteiger partial charge in [0.25, 0.3) is 0 Å². The van der Waals surface area contributed by atoms with Crippen LogP contribution in [0.25, 0.3) is 0 Å². The van der Waals surface area contributed by atoms with Crippen LogP contribution in [-0.4, -0.2) is 13.7 Å². The molecule has 0 fully saturated rings. The van der Waals surface area contributed by atoms with Gasteiger partial charge < -0.3 is 0 Å². The molecule has 4 heteroatoms. The van der Waals surface area contributed by atoms with Gasteiger partial charge in [-0.3, -0.25) is 0 Å². The first-order valence-corrected chi connectivity index (χ1v) is 9.88. The van der Waals surface area contributed by atoms with E-state index >= 15 is 0 Å². The van der Waals surface area contributed by atoms with Crippen LogP contribution in [0.15, 0.2) is 42.6 Å². The van der Waals surface area contributed by atoms with Crippen LogP contribution in [0.3, 0.4) is 0 Å². The molecular weight excluding hydrogens is 387 g/mol. The van der Waals surface area contributed by atoms with E-state index in [9.17, 15) is 4.79 Å². The van der Waals surface area contributed by atoms with Gasteiger partial charge in [-0.2, -0.15) is 0 Å². The zero-order valence-corrected chi connectivity index (χ0v) is 18.5. The number of carbonyl (C=O) groups excluding carboxylic acids is 1. The second-order valence-corrected chi connectivity index (χ2v) is 8.63. The predicted octanol–water partition coefficient (Wildman–Crippen LogP) is 5.17. The fourth-order valence-electron chi connectivity index (χ4n) is 3.00. The Bertz CT molecular complexity index is 713. The van der Waals surface area contributed by atoms with Crippen LogP contribution in [0.2, 0.25) is 0 Å². The van der Waals surface area contributed by atoms with Crippen molar-refractivity contribution in [3.63, 3.8) is 0 Å². The van der Waals surface area contributed by atoms with Crippen LogP contribution >= 0.6 is 0 Å². The number of hydrogen-bond acceptors (Lipinski definition) is 2. The Kier molecular flexibility index (Phi) is 6.37. The van der Waals surface area contributed by atoms with E-state index in [0.29, 0.717) is 11.8 Å². The molecular formula is C21H27N2OZr. The first-order valence-electron chi connectivity index (χ1n) is 8.78. The van der Waals surface area contributed by atoms with Gasteiger partial charge >= 0.3 is 167 Å². The molecule has 0 saturated heterocycles. The fraction of sp³-hybridized carbons (Fsp3) is 0.429. The Morgan fingerprint density at radius 3 is 2.00 bits per heavy atom. The second kappa shape index (κ2) is 7.95. The van der Waals surface area contributed by atoms with Crippen LogP contribution in [-0.2, 0) is 30.5 Å². The summed E-state index contributed by atoms with van der Waals surface area (Å²) < 4.78 is 1.91. The summed E-state index contributed by atoms with van der Waals surface area (Å²) in [5.41, 5.74) is 3.58. The van der Waals surface area contributed by atoms with Crippen molar-refractivity contribution >= 4 is 5.91 Å². The predicted molar refractivity (Wildman–Crippen MR) is 98.1 cm³/mol. The van der Waals surface area contributed by atoms with Crippen molar-refractivity contribution < 1.29 is 29.8 Å². The molecule has 3 nitrogen and oxygen atoms in total. The number of rotatable bonds is 5. The van der Waals surface area contributed by atoms with E-state index in [1.165, 1.54) is 0 Å². The number of benzene rings is 1. The van der Waals surface area contributed by atoms with Crippen molar-refractivity contribution in [2.24, 2.45) is 0 Å². The van der Waals surface area contributed by atoms with Gasteiger partial charge in [0.2, 0.25) is 0 Å². The molecule has 2 rings (SSSR count). The molecule has 1 aromatic carbocycles. The SMILES string of the molecule is CC(C)c1cccc(C(C)C)c1C(=O)[N]([Zr])C(C)(C)c1ccccn1. The van der Waals surface area contributed by atoms with Crippen LogP contribution in [0.4, 0.5) is 0 Å². The second-order valence-electron chi connectivity index (χ2n) is 7.54. The summed E-state index contributed by atoms with van der Waals surface area (Å²) in [4.78, 5) is 18.0. The summed E-state index contributed by atoms with van der Waals surface area (Å²) >= 11 is 1.07. The van der Waals surface area contributed by atoms with E-state index < -0.39 is 5.54 Å². The Labute approximate surface area is 167 Å². The van der Waals surface area contributed by atoms with Crippen molar-refractivity contribution in [1.82, 2.24) is 7.83 Å². The van der Waals surface area contributed by atoms with Gasteiger partial charge in [-0.15, -0.1) is 0 Å². The van der Waals surface area contributed by atoms with E-state index in [2.05, 4.69) is 64.7 Å². The number of aromatic nitrogens is 1. The average Bonchev–Trinajstić information content (AvgIpc) is 2.60. The van der Waals surface area contributed by atoms with E-state index in [1.807, 2.05) is 21.0 Å². The topological polar surface area (TPSA) is 33.2 Å². The standard InChI is InChI=1S/C21H28N2O.Zr/c1-14(2)16-10-9-11-17(15(3)4)19(16)20(24)23-21(5,6)18-12-7-8-13-22-18;/h7-15H,1-6H3,(H,23,24);/q;+1/p-1. The van der Waals surface area contributed by atoms with E-state index in [1.54, 1.807) is 6.20 Å². The van der Waals surface area contributed by atoms with Crippen LogP contribution < -0.4 is 0 Å². The third kappa shape index (κ3) is 4.11. The zero-order valence-electron chi connectivity index (χ0n) is 16.0. The van der Waals surface area contributed by atoms with Crippen molar-refractivity contribution in [1.29, 1.82) is 0 Å². The van der Waals surface area contributed by atoms with Gasteiger partial charge in [0, 0.05) is 0 Å². The molecule has 0 saturated carbocycles. The molecule has 1 amide bonds. The van der Waals surface area contributed by atoms with Crippen LogP contribution in [0.5, 0.6) is 0 Å². The van der Waals surface area contributed by atoms with Crippen molar-refractivity contribution in [3.8, 4) is 0 Å². The number of hydrogen-bond donors (Lipinski definition) is 0. The Morgan fingerprint density at radius 1 is 1.00 bits per heavy atom. The number of pyridine rings is 1. The van der Waals surface area contributed by atoms with Gasteiger partial charge in [-0.05, 0) is 0 Å². The molecule has 0 atom stereocenters. The fourth-order valence-corrected chi connectivity index (χ4v) is 3.56. The van der Waals surface area contributed by atoms with Gasteiger partial charge in [-0.1, -0.05) is 0 Å². The van der Waals surface area contributed by atoms with Crippen LogP contribution in [0, 0.1) is 0 Å². The summed E-state index contributed by atoms with van der Waals surface area (Å²) in [5, 5.41) is 0. The summed E-state index contributed by atoms with van der Waals surface area (Å²) in [6.07, 6.45) is 1.78. The van der Waals surface area contributed by atoms with Crippen molar-refractivity contribution in [3.05, 3.63) is 65.0 Å². The maximum atomic E-state index is 13.5.